The van der Waals surface area contributed by atoms with Gasteiger partial charge in [0.15, 0.2) is 0 Å². The molecule has 0 bridgehead atoms. The molecule has 4 aromatic rings. The Hall–Kier alpha value is -4.64. The van der Waals surface area contributed by atoms with Gasteiger partial charge in [0.2, 0.25) is 0 Å². The molecule has 10 unspecified atom stereocenters. The number of nitrogens with two attached hydrogens (primary N) is 1. The lowest BCUT2D eigenvalue weighted by atomic mass is 9.69. The molecule has 10 heteroatoms. The van der Waals surface area contributed by atoms with Gasteiger partial charge in [0.05, 0.1) is 23.7 Å². The number of carboxylic acid groups (broad SMARTS) is 1. The second-order valence-electron chi connectivity index (χ2n) is 21.0. The highest BCUT2D eigenvalue weighted by Crippen LogP contribution is 2.53. The molecule has 3 aliphatic carbocycles. The molecule has 0 aliphatic heterocycles. The van der Waals surface area contributed by atoms with E-state index in [4.69, 9.17) is 5.73 Å². The second-order valence-corrected chi connectivity index (χ2v) is 21.0. The lowest BCUT2D eigenvalue weighted by Gasteiger charge is -2.39. The van der Waals surface area contributed by atoms with Gasteiger partial charge in [0, 0.05) is 53.0 Å². The molecule has 10 atom stereocenters. The van der Waals surface area contributed by atoms with Crippen molar-refractivity contribution in [2.75, 3.05) is 5.73 Å². The number of aliphatic hydroxyl groups excluding tert-OH is 2. The standard InChI is InChI=1S/C56H77N3O7/c1-4-5-6-11-36-16-17-39(51(62)29-36)12-7-8-13-40-18-19-44(47-28-38(27-37-23-25-58-53(57)30-37)34-56(47,66)24-22-50(61)54(40)55(64)65)48-20-21-49(59-48)45-32-43(60)33-52(63)46(45)31-42-15-10-9-14-41(42)26-35(2)3/h9-10,14-17,20-21,23,25,30,32-33,35-36,38-40,44,47,50-51,54,59-63,66H,4-8,11-13,18-19,22,24,26-29,31,34H2,1-3H3,(H2,57,58)(H,64,65). The van der Waals surface area contributed by atoms with E-state index in [9.17, 15) is 35.4 Å². The van der Waals surface area contributed by atoms with Crippen LogP contribution in [-0.4, -0.2) is 64.4 Å². The van der Waals surface area contributed by atoms with Crippen molar-refractivity contribution in [3.8, 4) is 22.8 Å². The number of allylic oxidation sites excluding steroid dienone is 1. The number of hydrogen-bond acceptors (Lipinski definition) is 8. The maximum Gasteiger partial charge on any atom is 0.309 e. The summed E-state index contributed by atoms with van der Waals surface area (Å²) in [4.78, 5) is 21.1. The highest BCUT2D eigenvalue weighted by molar-refractivity contribution is 5.71. The highest BCUT2D eigenvalue weighted by Gasteiger charge is 2.51. The first-order chi connectivity index (χ1) is 31.7. The van der Waals surface area contributed by atoms with Crippen molar-refractivity contribution < 1.29 is 35.4 Å². The highest BCUT2D eigenvalue weighted by atomic mass is 16.4. The summed E-state index contributed by atoms with van der Waals surface area (Å²) in [6, 6.07) is 19.3. The number of benzene rings is 2. The fourth-order valence-electron chi connectivity index (χ4n) is 12.3. The number of aromatic amines is 1. The quantitative estimate of drug-likeness (QED) is 0.0354. The Labute approximate surface area is 392 Å². The lowest BCUT2D eigenvalue weighted by Crippen LogP contribution is -2.42. The number of carbonyl (C=O) groups is 1. The number of fused-ring (bicyclic) bond motifs is 1. The Morgan fingerprint density at radius 1 is 0.894 bits per heavy atom. The minimum atomic E-state index is -1.16. The summed E-state index contributed by atoms with van der Waals surface area (Å²) in [7, 11) is 0. The number of aromatic hydroxyl groups is 2. The van der Waals surface area contributed by atoms with E-state index < -0.39 is 23.6 Å². The average molecular weight is 904 g/mol. The number of aliphatic carboxylic acids is 1. The molecule has 0 spiro atoms. The number of unbranched alkanes of at least 4 members (excludes halogenated alkanes) is 3. The van der Waals surface area contributed by atoms with Gasteiger partial charge in [-0.2, -0.15) is 0 Å². The van der Waals surface area contributed by atoms with E-state index in [-0.39, 0.29) is 60.0 Å². The number of phenolic OH excluding ortho intramolecular Hbond substituents is 2. The van der Waals surface area contributed by atoms with Gasteiger partial charge in [-0.05, 0) is 154 Å². The van der Waals surface area contributed by atoms with Gasteiger partial charge >= 0.3 is 5.97 Å². The third-order valence-corrected chi connectivity index (χ3v) is 15.6. The van der Waals surface area contributed by atoms with Crippen LogP contribution in [0.2, 0.25) is 0 Å². The number of rotatable bonds is 18. The van der Waals surface area contributed by atoms with Crippen molar-refractivity contribution in [2.45, 2.75) is 160 Å². The van der Waals surface area contributed by atoms with Crippen molar-refractivity contribution >= 4 is 11.8 Å². The molecular weight excluding hydrogens is 827 g/mol. The van der Waals surface area contributed by atoms with Crippen LogP contribution in [0.15, 0.2) is 79.0 Å². The Bertz CT molecular complexity index is 2240. The minimum absolute atomic E-state index is 0.0192. The van der Waals surface area contributed by atoms with Gasteiger partial charge in [0.1, 0.15) is 17.3 Å². The summed E-state index contributed by atoms with van der Waals surface area (Å²) < 4.78 is 0. The molecule has 2 saturated carbocycles. The summed E-state index contributed by atoms with van der Waals surface area (Å²) in [5, 5.41) is 68.7. The number of nitrogen functional groups attached to an aromatic ring is 1. The Kier molecular flexibility index (Phi) is 16.7. The molecule has 0 saturated heterocycles. The monoisotopic (exact) mass is 904 g/mol. The maximum absolute atomic E-state index is 13.2. The SMILES string of the molecule is CCCCCC1C=CC(CCCCC2CCC(c3ccc(-c4cc(O)cc(O)c4Cc4ccccc4CC(C)C)[nH]3)C3CC(Cc4ccnc(N)c4)CC3(O)CCC(O)C2C(=O)O)C(O)C1. The third kappa shape index (κ3) is 12.3. The molecule has 0 amide bonds. The van der Waals surface area contributed by atoms with Crippen LogP contribution in [-0.2, 0) is 24.1 Å². The number of aromatic nitrogens is 2. The van der Waals surface area contributed by atoms with Crippen LogP contribution in [0, 0.1) is 41.4 Å². The molecule has 66 heavy (non-hydrogen) atoms. The van der Waals surface area contributed by atoms with E-state index >= 15 is 0 Å². The summed E-state index contributed by atoms with van der Waals surface area (Å²) in [5.74, 6) is -1.07. The first-order valence-electron chi connectivity index (χ1n) is 25.2. The number of nitrogens with one attached hydrogen (secondary N) is 1. The Morgan fingerprint density at radius 2 is 1.67 bits per heavy atom. The number of H-pyrrole nitrogens is 1. The third-order valence-electron chi connectivity index (χ3n) is 15.6. The van der Waals surface area contributed by atoms with E-state index in [1.807, 2.05) is 30.3 Å². The fraction of sp³-hybridized carbons (Fsp3) is 0.571. The number of pyridine rings is 1. The molecule has 10 nitrogen and oxygen atoms in total. The van der Waals surface area contributed by atoms with Crippen LogP contribution < -0.4 is 5.73 Å². The van der Waals surface area contributed by atoms with Crippen molar-refractivity contribution in [3.05, 3.63) is 107 Å². The molecule has 2 fully saturated rings. The molecule has 9 N–H and O–H groups in total. The normalized spacial score (nSPS) is 28.1. The molecule has 7 rings (SSSR count). The predicted octanol–water partition coefficient (Wildman–Crippen LogP) is 10.9. The second kappa shape index (κ2) is 22.4. The van der Waals surface area contributed by atoms with Gasteiger partial charge in [0.25, 0.3) is 0 Å². The number of anilines is 1. The van der Waals surface area contributed by atoms with Crippen LogP contribution in [0.4, 0.5) is 5.82 Å². The van der Waals surface area contributed by atoms with E-state index in [1.54, 1.807) is 12.3 Å². The van der Waals surface area contributed by atoms with E-state index in [2.05, 4.69) is 61.1 Å². The largest absolute Gasteiger partial charge is 0.508 e. The summed E-state index contributed by atoms with van der Waals surface area (Å²) >= 11 is 0. The van der Waals surface area contributed by atoms with Gasteiger partial charge in [-0.1, -0.05) is 89.3 Å². The molecule has 0 radical (unpaired) electrons. The molecule has 2 aromatic carbocycles. The molecule has 358 valence electrons. The Morgan fingerprint density at radius 3 is 2.41 bits per heavy atom. The van der Waals surface area contributed by atoms with Gasteiger partial charge < -0.3 is 41.4 Å². The summed E-state index contributed by atoms with van der Waals surface area (Å²) in [6.07, 6.45) is 18.4. The lowest BCUT2D eigenvalue weighted by molar-refractivity contribution is -0.150. The van der Waals surface area contributed by atoms with Crippen LogP contribution in [0.3, 0.4) is 0 Å². The zero-order valence-electron chi connectivity index (χ0n) is 39.6. The number of nitrogens with zero attached hydrogens (tertiary/aromatic N) is 1. The van der Waals surface area contributed by atoms with Crippen molar-refractivity contribution in [3.63, 3.8) is 0 Å². The van der Waals surface area contributed by atoms with Gasteiger partial charge in [-0.25, -0.2) is 4.98 Å². The molecule has 2 aromatic heterocycles. The predicted molar refractivity (Wildman–Crippen MR) is 262 cm³/mol. The molecule has 3 aliphatic rings. The number of aliphatic hydroxyl groups is 3. The molecule has 2 heterocycles. The van der Waals surface area contributed by atoms with Crippen LogP contribution >= 0.6 is 0 Å². The van der Waals surface area contributed by atoms with Gasteiger partial charge in [-0.15, -0.1) is 0 Å². The zero-order chi connectivity index (χ0) is 47.0. The smallest absolute Gasteiger partial charge is 0.309 e. The van der Waals surface area contributed by atoms with Crippen LogP contribution in [0.5, 0.6) is 11.5 Å². The van der Waals surface area contributed by atoms with Crippen molar-refractivity contribution in [1.82, 2.24) is 9.97 Å². The minimum Gasteiger partial charge on any atom is -0.508 e. The average Bonchev–Trinajstić information content (AvgIpc) is 3.88. The first-order valence-corrected chi connectivity index (χ1v) is 25.2. The van der Waals surface area contributed by atoms with Crippen molar-refractivity contribution in [2.24, 2.45) is 41.4 Å². The molecular formula is C56H77N3O7. The number of carboxylic acids is 1. The summed E-state index contributed by atoms with van der Waals surface area (Å²) in [5.41, 5.74) is 11.4. The first kappa shape index (κ1) is 49.3. The van der Waals surface area contributed by atoms with Crippen molar-refractivity contribution in [1.29, 1.82) is 0 Å². The van der Waals surface area contributed by atoms with Gasteiger partial charge in [-0.3, -0.25) is 4.79 Å². The van der Waals surface area contributed by atoms with E-state index in [0.717, 1.165) is 67.5 Å². The van der Waals surface area contributed by atoms with E-state index in [1.165, 1.54) is 30.9 Å². The van der Waals surface area contributed by atoms with Crippen LogP contribution in [0.25, 0.3) is 11.3 Å². The fourth-order valence-corrected chi connectivity index (χ4v) is 12.3. The topological polar surface area (TPSA) is 193 Å². The van der Waals surface area contributed by atoms with Crippen LogP contribution in [0.1, 0.15) is 151 Å². The zero-order valence-corrected chi connectivity index (χ0v) is 39.6. The van der Waals surface area contributed by atoms with E-state index in [0.29, 0.717) is 67.3 Å². The number of phenols is 2. The Balaban J connectivity index is 1.17. The maximum atomic E-state index is 13.2. The number of hydrogen-bond donors (Lipinski definition) is 8. The summed E-state index contributed by atoms with van der Waals surface area (Å²) in [6.45, 7) is 6.60.